The van der Waals surface area contributed by atoms with Crippen molar-refractivity contribution in [2.24, 2.45) is 0 Å². The number of nitrogens with one attached hydrogen (secondary N) is 1. The Bertz CT molecular complexity index is 378. The van der Waals surface area contributed by atoms with E-state index in [4.69, 9.17) is 0 Å². The highest BCUT2D eigenvalue weighted by atomic mass is 19.1. The molecule has 0 spiro atoms. The van der Waals surface area contributed by atoms with Crippen molar-refractivity contribution in [1.82, 2.24) is 10.2 Å². The summed E-state index contributed by atoms with van der Waals surface area (Å²) in [7, 11) is 0. The van der Waals surface area contributed by atoms with E-state index in [0.29, 0.717) is 0 Å². The van der Waals surface area contributed by atoms with Gasteiger partial charge in [0.25, 0.3) is 0 Å². The molecule has 0 aromatic heterocycles. The van der Waals surface area contributed by atoms with E-state index in [9.17, 15) is 9.50 Å². The number of hydrogen-bond acceptors (Lipinski definition) is 3. The van der Waals surface area contributed by atoms with Gasteiger partial charge in [0.15, 0.2) is 0 Å². The zero-order valence-corrected chi connectivity index (χ0v) is 10.1. The molecule has 1 heterocycles. The first-order valence-corrected chi connectivity index (χ1v) is 6.02. The number of alkyl halides is 1. The van der Waals surface area contributed by atoms with Crippen LogP contribution in [0.2, 0.25) is 0 Å². The van der Waals surface area contributed by atoms with E-state index in [1.54, 1.807) is 6.07 Å². The lowest BCUT2D eigenvalue weighted by Gasteiger charge is -2.33. The SMILES string of the molecule is Cc1cc([C@@H](CF)N2CCNCC2)ccc1O. The zero-order valence-electron chi connectivity index (χ0n) is 10.1. The Morgan fingerprint density at radius 3 is 2.71 bits per heavy atom. The molecule has 1 saturated heterocycles. The maximum absolute atomic E-state index is 13.2. The van der Waals surface area contributed by atoms with Crippen LogP contribution in [0, 0.1) is 6.92 Å². The number of aromatic hydroxyl groups is 1. The fourth-order valence-electron chi connectivity index (χ4n) is 2.28. The summed E-state index contributed by atoms with van der Waals surface area (Å²) in [6.45, 7) is 5.01. The fourth-order valence-corrected chi connectivity index (χ4v) is 2.28. The summed E-state index contributed by atoms with van der Waals surface area (Å²) in [5.74, 6) is 0.270. The van der Waals surface area contributed by atoms with Gasteiger partial charge in [-0.15, -0.1) is 0 Å². The number of piperazine rings is 1. The number of aryl methyl sites for hydroxylation is 1. The maximum Gasteiger partial charge on any atom is 0.118 e. The van der Waals surface area contributed by atoms with Gasteiger partial charge in [0.1, 0.15) is 12.4 Å². The first-order valence-electron chi connectivity index (χ1n) is 6.02. The fraction of sp³-hybridized carbons (Fsp3) is 0.538. The minimum absolute atomic E-state index is 0.184. The van der Waals surface area contributed by atoms with Crippen molar-refractivity contribution >= 4 is 0 Å². The summed E-state index contributed by atoms with van der Waals surface area (Å²) < 4.78 is 13.2. The largest absolute Gasteiger partial charge is 0.508 e. The van der Waals surface area contributed by atoms with E-state index in [-0.39, 0.29) is 18.5 Å². The normalized spacial score (nSPS) is 19.2. The number of benzene rings is 1. The summed E-state index contributed by atoms with van der Waals surface area (Å²) in [6.07, 6.45) is 0. The molecule has 1 aliphatic heterocycles. The third-order valence-corrected chi connectivity index (χ3v) is 3.34. The average molecular weight is 238 g/mol. The monoisotopic (exact) mass is 238 g/mol. The second-order valence-corrected chi connectivity index (χ2v) is 4.50. The molecule has 94 valence electrons. The molecule has 2 N–H and O–H groups in total. The van der Waals surface area contributed by atoms with Crippen LogP contribution < -0.4 is 5.32 Å². The molecule has 1 aliphatic rings. The Kier molecular flexibility index (Phi) is 3.97. The van der Waals surface area contributed by atoms with Crippen LogP contribution in [0.3, 0.4) is 0 Å². The molecule has 0 saturated carbocycles. The van der Waals surface area contributed by atoms with Crippen molar-refractivity contribution < 1.29 is 9.50 Å². The van der Waals surface area contributed by atoms with Crippen LogP contribution in [0.1, 0.15) is 17.2 Å². The predicted molar refractivity (Wildman–Crippen MR) is 66.0 cm³/mol. The second-order valence-electron chi connectivity index (χ2n) is 4.50. The predicted octanol–water partition coefficient (Wildman–Crippen LogP) is 1.62. The molecule has 0 radical (unpaired) electrons. The highest BCUT2D eigenvalue weighted by Crippen LogP contribution is 2.26. The lowest BCUT2D eigenvalue weighted by molar-refractivity contribution is 0.147. The van der Waals surface area contributed by atoms with Crippen LogP contribution in [0.5, 0.6) is 5.75 Å². The summed E-state index contributed by atoms with van der Waals surface area (Å²) in [5, 5.41) is 12.8. The number of rotatable bonds is 3. The van der Waals surface area contributed by atoms with Gasteiger partial charge in [-0.2, -0.15) is 0 Å². The maximum atomic E-state index is 13.2. The smallest absolute Gasteiger partial charge is 0.118 e. The lowest BCUT2D eigenvalue weighted by atomic mass is 10.0. The van der Waals surface area contributed by atoms with E-state index in [2.05, 4.69) is 10.2 Å². The molecular formula is C13H19FN2O. The minimum atomic E-state index is -0.385. The van der Waals surface area contributed by atoms with Gasteiger partial charge in [-0.05, 0) is 24.1 Å². The molecule has 0 aliphatic carbocycles. The quantitative estimate of drug-likeness (QED) is 0.840. The lowest BCUT2D eigenvalue weighted by Crippen LogP contribution is -2.45. The van der Waals surface area contributed by atoms with Crippen molar-refractivity contribution in [2.45, 2.75) is 13.0 Å². The van der Waals surface area contributed by atoms with Gasteiger partial charge in [0.05, 0.1) is 6.04 Å². The summed E-state index contributed by atoms with van der Waals surface area (Å²) in [5.41, 5.74) is 1.75. The van der Waals surface area contributed by atoms with Gasteiger partial charge in [0, 0.05) is 26.2 Å². The second kappa shape index (κ2) is 5.47. The van der Waals surface area contributed by atoms with E-state index < -0.39 is 0 Å². The van der Waals surface area contributed by atoms with Crippen molar-refractivity contribution in [2.75, 3.05) is 32.9 Å². The molecule has 1 aromatic carbocycles. The first-order chi connectivity index (χ1) is 8.22. The number of halogens is 1. The van der Waals surface area contributed by atoms with Crippen molar-refractivity contribution in [1.29, 1.82) is 0 Å². The Hall–Kier alpha value is -1.13. The van der Waals surface area contributed by atoms with E-state index >= 15 is 0 Å². The van der Waals surface area contributed by atoms with Crippen molar-refractivity contribution in [3.8, 4) is 5.75 Å². The number of phenols is 1. The Morgan fingerprint density at radius 2 is 2.12 bits per heavy atom. The van der Waals surface area contributed by atoms with Crippen LogP contribution >= 0.6 is 0 Å². The summed E-state index contributed by atoms with van der Waals surface area (Å²) >= 11 is 0. The standard InChI is InChI=1S/C13H19FN2O/c1-10-8-11(2-3-13(10)17)12(9-14)16-6-4-15-5-7-16/h2-3,8,12,15,17H,4-7,9H2,1H3/t12-/m1/s1. The molecule has 1 atom stereocenters. The molecule has 0 amide bonds. The zero-order chi connectivity index (χ0) is 12.3. The number of hydrogen-bond donors (Lipinski definition) is 2. The molecule has 0 unspecified atom stereocenters. The minimum Gasteiger partial charge on any atom is -0.508 e. The van der Waals surface area contributed by atoms with Gasteiger partial charge >= 0.3 is 0 Å². The highest BCUT2D eigenvalue weighted by molar-refractivity contribution is 5.36. The molecule has 17 heavy (non-hydrogen) atoms. The Morgan fingerprint density at radius 1 is 1.41 bits per heavy atom. The molecule has 0 bridgehead atoms. The molecule has 1 aromatic rings. The van der Waals surface area contributed by atoms with Gasteiger partial charge < -0.3 is 10.4 Å². The third kappa shape index (κ3) is 2.76. The van der Waals surface area contributed by atoms with Crippen LogP contribution in [-0.2, 0) is 0 Å². The van der Waals surface area contributed by atoms with Crippen LogP contribution in [0.4, 0.5) is 4.39 Å². The summed E-state index contributed by atoms with van der Waals surface area (Å²) in [6, 6.07) is 5.16. The van der Waals surface area contributed by atoms with Gasteiger partial charge in [-0.25, -0.2) is 4.39 Å². The van der Waals surface area contributed by atoms with Crippen molar-refractivity contribution in [3.63, 3.8) is 0 Å². The van der Waals surface area contributed by atoms with E-state index in [1.165, 1.54) is 0 Å². The Balaban J connectivity index is 2.18. The first kappa shape index (κ1) is 12.3. The van der Waals surface area contributed by atoms with Crippen molar-refractivity contribution in [3.05, 3.63) is 29.3 Å². The third-order valence-electron chi connectivity index (χ3n) is 3.34. The molecule has 3 nitrogen and oxygen atoms in total. The molecular weight excluding hydrogens is 219 g/mol. The Labute approximate surface area is 101 Å². The van der Waals surface area contributed by atoms with Gasteiger partial charge in [-0.3, -0.25) is 4.90 Å². The van der Waals surface area contributed by atoms with E-state index in [0.717, 1.165) is 37.3 Å². The van der Waals surface area contributed by atoms with Gasteiger partial charge in [-0.1, -0.05) is 12.1 Å². The van der Waals surface area contributed by atoms with Gasteiger partial charge in [0.2, 0.25) is 0 Å². The average Bonchev–Trinajstić information content (AvgIpc) is 2.36. The van der Waals surface area contributed by atoms with Crippen LogP contribution in [-0.4, -0.2) is 42.9 Å². The van der Waals surface area contributed by atoms with E-state index in [1.807, 2.05) is 19.1 Å². The topological polar surface area (TPSA) is 35.5 Å². The van der Waals surface area contributed by atoms with Crippen LogP contribution in [0.25, 0.3) is 0 Å². The number of nitrogens with zero attached hydrogens (tertiary/aromatic N) is 1. The highest BCUT2D eigenvalue weighted by Gasteiger charge is 2.22. The number of phenolic OH excluding ortho intramolecular Hbond substituents is 1. The molecule has 4 heteroatoms. The molecule has 2 rings (SSSR count). The van der Waals surface area contributed by atoms with Crippen LogP contribution in [0.15, 0.2) is 18.2 Å². The summed E-state index contributed by atoms with van der Waals surface area (Å²) in [4.78, 5) is 2.16. The molecule has 1 fully saturated rings.